The van der Waals surface area contributed by atoms with E-state index in [2.05, 4.69) is 6.07 Å². The molecule has 7 heteroatoms. The normalized spacial score (nSPS) is 16.9. The molecule has 0 bridgehead atoms. The van der Waals surface area contributed by atoms with Crippen LogP contribution in [0.1, 0.15) is 23.3 Å². The van der Waals surface area contributed by atoms with Gasteiger partial charge in [-0.3, -0.25) is 0 Å². The van der Waals surface area contributed by atoms with Gasteiger partial charge in [0, 0.05) is 10.4 Å². The summed E-state index contributed by atoms with van der Waals surface area (Å²) in [5.41, 5.74) is 7.07. The van der Waals surface area contributed by atoms with Gasteiger partial charge in [0.05, 0.1) is 22.4 Å². The lowest BCUT2D eigenvalue weighted by Crippen LogP contribution is -2.25. The van der Waals surface area contributed by atoms with E-state index in [1.165, 1.54) is 11.3 Å². The number of nitriles is 1. The van der Waals surface area contributed by atoms with Crippen LogP contribution in [0, 0.1) is 11.3 Å². The molecule has 0 saturated carbocycles. The van der Waals surface area contributed by atoms with Crippen molar-refractivity contribution >= 4 is 34.7 Å². The fraction of sp³-hybridized carbons (Fsp3) is 0.158. The Morgan fingerprint density at radius 2 is 2.08 bits per heavy atom. The monoisotopic (exact) mass is 386 g/mol. The van der Waals surface area contributed by atoms with Gasteiger partial charge in [0.25, 0.3) is 0 Å². The van der Waals surface area contributed by atoms with E-state index in [0.29, 0.717) is 14.8 Å². The Bertz CT molecular complexity index is 941. The largest absolute Gasteiger partial charge is 0.463 e. The minimum absolute atomic E-state index is 0.0334. The van der Waals surface area contributed by atoms with Gasteiger partial charge in [0.2, 0.25) is 5.88 Å². The van der Waals surface area contributed by atoms with E-state index < -0.39 is 11.9 Å². The number of carbonyl (C=O) groups is 1. The lowest BCUT2D eigenvalue weighted by Gasteiger charge is -2.27. The second-order valence-corrected chi connectivity index (χ2v) is 7.14. The van der Waals surface area contributed by atoms with Gasteiger partial charge in [-0.25, -0.2) is 4.79 Å². The first-order valence-corrected chi connectivity index (χ1v) is 9.05. The molecule has 1 aromatic carbocycles. The minimum atomic E-state index is -0.694. The molecule has 0 unspecified atom stereocenters. The first kappa shape index (κ1) is 18.1. The van der Waals surface area contributed by atoms with Gasteiger partial charge in [0.1, 0.15) is 17.4 Å². The second kappa shape index (κ2) is 7.65. The number of hydrogen-bond acceptors (Lipinski definition) is 6. The van der Waals surface area contributed by atoms with E-state index in [9.17, 15) is 10.1 Å². The third-order valence-corrected chi connectivity index (χ3v) is 5.13. The fourth-order valence-corrected chi connectivity index (χ4v) is 3.93. The molecular weight excluding hydrogens is 372 g/mol. The van der Waals surface area contributed by atoms with E-state index in [0.717, 1.165) is 0 Å². The molecule has 2 N–H and O–H groups in total. The number of rotatable bonds is 4. The van der Waals surface area contributed by atoms with Crippen molar-refractivity contribution in [3.8, 4) is 6.07 Å². The second-order valence-electron chi connectivity index (χ2n) is 5.40. The van der Waals surface area contributed by atoms with Gasteiger partial charge in [-0.15, -0.1) is 11.3 Å². The summed E-state index contributed by atoms with van der Waals surface area (Å²) in [4.78, 5) is 13.5. The summed E-state index contributed by atoms with van der Waals surface area (Å²) < 4.78 is 11.5. The van der Waals surface area contributed by atoms with Crippen LogP contribution in [0.25, 0.3) is 5.76 Å². The van der Waals surface area contributed by atoms with Crippen molar-refractivity contribution in [3.63, 3.8) is 0 Å². The van der Waals surface area contributed by atoms with Crippen molar-refractivity contribution < 1.29 is 14.3 Å². The van der Waals surface area contributed by atoms with Crippen LogP contribution in [0.3, 0.4) is 0 Å². The molecule has 0 aliphatic carbocycles. The molecule has 1 atom stereocenters. The summed E-state index contributed by atoms with van der Waals surface area (Å²) in [6, 6.07) is 14.7. The van der Waals surface area contributed by atoms with Crippen molar-refractivity contribution in [2.45, 2.75) is 12.8 Å². The molecule has 0 radical (unpaired) electrons. The number of carbonyl (C=O) groups excluding carboxylic acids is 1. The van der Waals surface area contributed by atoms with Gasteiger partial charge >= 0.3 is 5.97 Å². The van der Waals surface area contributed by atoms with Gasteiger partial charge < -0.3 is 15.2 Å². The molecule has 0 spiro atoms. The lowest BCUT2D eigenvalue weighted by atomic mass is 9.86. The highest BCUT2D eigenvalue weighted by Gasteiger charge is 2.38. The number of ether oxygens (including phenoxy) is 2. The third kappa shape index (κ3) is 3.32. The van der Waals surface area contributed by atoms with Crippen LogP contribution in [-0.4, -0.2) is 12.6 Å². The zero-order chi connectivity index (χ0) is 18.7. The molecule has 5 nitrogen and oxygen atoms in total. The van der Waals surface area contributed by atoms with Crippen molar-refractivity contribution in [2.75, 3.05) is 6.61 Å². The Labute approximate surface area is 159 Å². The Hall–Kier alpha value is -2.75. The molecule has 2 heterocycles. The summed E-state index contributed by atoms with van der Waals surface area (Å²) in [7, 11) is 0. The standard InChI is InChI=1S/C19H15ClN2O3S/c1-2-24-19(23)16-15(13-8-9-14(20)26-13)12(10-21)18(22)25-17(16)11-6-4-3-5-7-11/h3-9,15H,2,22H2,1H3/t15-/m1/s1. The molecule has 0 fully saturated rings. The topological polar surface area (TPSA) is 85.3 Å². The predicted molar refractivity (Wildman–Crippen MR) is 100.0 cm³/mol. The van der Waals surface area contributed by atoms with Crippen LogP contribution in [0.15, 0.2) is 59.5 Å². The highest BCUT2D eigenvalue weighted by molar-refractivity contribution is 7.16. The Kier molecular flexibility index (Phi) is 5.31. The number of nitrogens with two attached hydrogens (primary N) is 1. The van der Waals surface area contributed by atoms with E-state index in [1.54, 1.807) is 31.2 Å². The van der Waals surface area contributed by atoms with E-state index in [-0.39, 0.29) is 29.4 Å². The Morgan fingerprint density at radius 3 is 2.65 bits per heavy atom. The number of nitrogens with zero attached hydrogens (tertiary/aromatic N) is 1. The molecule has 2 aromatic rings. The van der Waals surface area contributed by atoms with E-state index in [1.807, 2.05) is 18.2 Å². The summed E-state index contributed by atoms with van der Waals surface area (Å²) in [5, 5.41) is 9.62. The number of halogens is 1. The Morgan fingerprint density at radius 1 is 1.35 bits per heavy atom. The Balaban J connectivity index is 2.26. The summed E-state index contributed by atoms with van der Waals surface area (Å²) in [6.07, 6.45) is 0. The average Bonchev–Trinajstić information content (AvgIpc) is 3.07. The molecule has 3 rings (SSSR count). The minimum Gasteiger partial charge on any atom is -0.463 e. The lowest BCUT2D eigenvalue weighted by molar-refractivity contribution is -0.138. The maximum Gasteiger partial charge on any atom is 0.338 e. The van der Waals surface area contributed by atoms with E-state index >= 15 is 0 Å². The smallest absolute Gasteiger partial charge is 0.338 e. The molecule has 0 saturated heterocycles. The summed E-state index contributed by atoms with van der Waals surface area (Å²) in [6.45, 7) is 1.92. The molecular formula is C19H15ClN2O3S. The number of benzene rings is 1. The number of hydrogen-bond donors (Lipinski definition) is 1. The van der Waals surface area contributed by atoms with Crippen molar-refractivity contribution in [3.05, 3.63) is 74.3 Å². The van der Waals surface area contributed by atoms with Crippen molar-refractivity contribution in [1.29, 1.82) is 5.26 Å². The highest BCUT2D eigenvalue weighted by atomic mass is 35.5. The van der Waals surface area contributed by atoms with Crippen LogP contribution in [0.2, 0.25) is 4.34 Å². The molecule has 26 heavy (non-hydrogen) atoms. The summed E-state index contributed by atoms with van der Waals surface area (Å²) in [5.74, 6) is -0.995. The molecule has 1 aromatic heterocycles. The van der Waals surface area contributed by atoms with Gasteiger partial charge in [-0.05, 0) is 19.1 Å². The molecule has 1 aliphatic heterocycles. The van der Waals surface area contributed by atoms with Crippen LogP contribution < -0.4 is 5.73 Å². The zero-order valence-electron chi connectivity index (χ0n) is 13.9. The van der Waals surface area contributed by atoms with Crippen LogP contribution in [0.5, 0.6) is 0 Å². The van der Waals surface area contributed by atoms with Gasteiger partial charge in [-0.2, -0.15) is 5.26 Å². The maximum absolute atomic E-state index is 12.8. The fourth-order valence-electron chi connectivity index (χ4n) is 2.75. The molecule has 1 aliphatic rings. The highest BCUT2D eigenvalue weighted by Crippen LogP contribution is 2.45. The zero-order valence-corrected chi connectivity index (χ0v) is 15.4. The van der Waals surface area contributed by atoms with E-state index in [4.69, 9.17) is 26.8 Å². The van der Waals surface area contributed by atoms with Crippen molar-refractivity contribution in [2.24, 2.45) is 5.73 Å². The van der Waals surface area contributed by atoms with Crippen LogP contribution >= 0.6 is 22.9 Å². The van der Waals surface area contributed by atoms with Crippen molar-refractivity contribution in [1.82, 2.24) is 0 Å². The molecule has 0 amide bonds. The first-order chi connectivity index (χ1) is 12.6. The van der Waals surface area contributed by atoms with Gasteiger partial charge in [0.15, 0.2) is 0 Å². The van der Waals surface area contributed by atoms with Gasteiger partial charge in [-0.1, -0.05) is 41.9 Å². The SMILES string of the molecule is CCOC(=O)C1=C(c2ccccc2)OC(N)=C(C#N)[C@@H]1c1ccc(Cl)s1. The van der Waals surface area contributed by atoms with Crippen LogP contribution in [0.4, 0.5) is 0 Å². The number of thiophene rings is 1. The maximum atomic E-state index is 12.8. The third-order valence-electron chi connectivity index (χ3n) is 3.83. The summed E-state index contributed by atoms with van der Waals surface area (Å²) >= 11 is 7.35. The first-order valence-electron chi connectivity index (χ1n) is 7.86. The quantitative estimate of drug-likeness (QED) is 0.796. The average molecular weight is 387 g/mol. The van der Waals surface area contributed by atoms with Crippen LogP contribution in [-0.2, 0) is 14.3 Å². The predicted octanol–water partition coefficient (Wildman–Crippen LogP) is 4.18. The number of esters is 1. The molecule has 132 valence electrons. The number of allylic oxidation sites excluding steroid dienone is 1.